The second-order valence-corrected chi connectivity index (χ2v) is 4.08. The molecule has 0 saturated carbocycles. The Bertz CT molecular complexity index is 682. The Morgan fingerprint density at radius 3 is 2.29 bits per heavy atom. The van der Waals surface area contributed by atoms with E-state index in [0.29, 0.717) is 17.2 Å². The number of rotatable bonds is 5. The molecule has 0 N–H and O–H groups in total. The predicted octanol–water partition coefficient (Wildman–Crippen LogP) is 1.90. The van der Waals surface area contributed by atoms with Crippen LogP contribution in [-0.4, -0.2) is 31.1 Å². The van der Waals surface area contributed by atoms with Crippen molar-refractivity contribution in [3.05, 3.63) is 46.4 Å². The van der Waals surface area contributed by atoms with Crippen LogP contribution in [0.25, 0.3) is 12.3 Å². The lowest BCUT2D eigenvalue weighted by Gasteiger charge is -2.12. The fourth-order valence-corrected chi connectivity index (χ4v) is 1.84. The Morgan fingerprint density at radius 2 is 1.76 bits per heavy atom. The highest BCUT2D eigenvalue weighted by Crippen LogP contribution is 2.38. The maximum atomic E-state index is 11.6. The maximum absolute atomic E-state index is 11.6. The van der Waals surface area contributed by atoms with Crippen molar-refractivity contribution < 1.29 is 14.2 Å². The summed E-state index contributed by atoms with van der Waals surface area (Å²) in [4.78, 5) is 11.6. The number of methoxy groups -OCH3 is 3. The van der Waals surface area contributed by atoms with Crippen LogP contribution < -0.4 is 19.8 Å². The molecule has 0 atom stereocenters. The van der Waals surface area contributed by atoms with Crippen molar-refractivity contribution in [2.24, 2.45) is 0 Å². The molecule has 6 heteroatoms. The molecule has 1 aromatic heterocycles. The monoisotopic (exact) mass is 288 g/mol. The highest BCUT2D eigenvalue weighted by molar-refractivity contribution is 5.66. The summed E-state index contributed by atoms with van der Waals surface area (Å²) in [6, 6.07) is 6.59. The Labute approximate surface area is 122 Å². The molecule has 110 valence electrons. The van der Waals surface area contributed by atoms with E-state index < -0.39 is 0 Å². The molecule has 0 unspecified atom stereocenters. The third-order valence-electron chi connectivity index (χ3n) is 2.84. The van der Waals surface area contributed by atoms with Gasteiger partial charge in [-0.2, -0.15) is 5.10 Å². The van der Waals surface area contributed by atoms with Crippen LogP contribution in [0.2, 0.25) is 0 Å². The lowest BCUT2D eigenvalue weighted by Crippen LogP contribution is -2.15. The molecule has 0 amide bonds. The molecule has 6 nitrogen and oxygen atoms in total. The minimum Gasteiger partial charge on any atom is -0.493 e. The Morgan fingerprint density at radius 1 is 1.10 bits per heavy atom. The summed E-state index contributed by atoms with van der Waals surface area (Å²) in [5.74, 6) is 1.61. The minimum atomic E-state index is -0.207. The van der Waals surface area contributed by atoms with Gasteiger partial charge in [-0.05, 0) is 29.8 Å². The van der Waals surface area contributed by atoms with Gasteiger partial charge >= 0.3 is 0 Å². The van der Waals surface area contributed by atoms with E-state index in [0.717, 1.165) is 5.56 Å². The molecular formula is C15H16N2O4. The third-order valence-corrected chi connectivity index (χ3v) is 2.84. The summed E-state index contributed by atoms with van der Waals surface area (Å²) in [5, 5.41) is 3.94. The molecular weight excluding hydrogens is 272 g/mol. The quantitative estimate of drug-likeness (QED) is 0.841. The van der Waals surface area contributed by atoms with Crippen molar-refractivity contribution in [3.8, 4) is 17.2 Å². The van der Waals surface area contributed by atoms with Crippen LogP contribution in [0.5, 0.6) is 17.2 Å². The minimum absolute atomic E-state index is 0.207. The number of ether oxygens (including phenoxy) is 3. The Kier molecular flexibility index (Phi) is 4.61. The highest BCUT2D eigenvalue weighted by Gasteiger charge is 2.11. The van der Waals surface area contributed by atoms with E-state index in [2.05, 4.69) is 5.10 Å². The van der Waals surface area contributed by atoms with Crippen molar-refractivity contribution in [2.75, 3.05) is 21.3 Å². The number of benzene rings is 1. The van der Waals surface area contributed by atoms with Crippen LogP contribution in [-0.2, 0) is 0 Å². The Hall–Kier alpha value is -2.76. The van der Waals surface area contributed by atoms with Crippen molar-refractivity contribution in [1.29, 1.82) is 0 Å². The molecule has 2 rings (SSSR count). The molecule has 1 heterocycles. The average Bonchev–Trinajstić information content (AvgIpc) is 2.52. The first kappa shape index (κ1) is 14.6. The van der Waals surface area contributed by atoms with E-state index >= 15 is 0 Å². The summed E-state index contributed by atoms with van der Waals surface area (Å²) < 4.78 is 17.0. The van der Waals surface area contributed by atoms with Crippen LogP contribution in [0.1, 0.15) is 5.56 Å². The molecule has 2 aromatic rings. The largest absolute Gasteiger partial charge is 0.493 e. The van der Waals surface area contributed by atoms with E-state index in [1.807, 2.05) is 0 Å². The fourth-order valence-electron chi connectivity index (χ4n) is 1.84. The zero-order valence-electron chi connectivity index (χ0n) is 12.1. The standard InChI is InChI=1S/C15H16N2O4/c1-19-12-9-11(10-13(20-2)15(12)21-3)6-8-17-14(18)5-4-7-16-17/h4-10H,1-3H3/b8-6+. The molecule has 21 heavy (non-hydrogen) atoms. The van der Waals surface area contributed by atoms with Gasteiger partial charge in [-0.1, -0.05) is 0 Å². The van der Waals surface area contributed by atoms with E-state index in [-0.39, 0.29) is 5.56 Å². The number of aromatic nitrogens is 2. The summed E-state index contributed by atoms with van der Waals surface area (Å²) in [7, 11) is 4.64. The van der Waals surface area contributed by atoms with Gasteiger partial charge in [0, 0.05) is 18.5 Å². The average molecular weight is 288 g/mol. The van der Waals surface area contributed by atoms with Crippen LogP contribution in [0, 0.1) is 0 Å². The number of nitrogens with zero attached hydrogens (tertiary/aromatic N) is 2. The van der Waals surface area contributed by atoms with Crippen LogP contribution in [0.3, 0.4) is 0 Å². The van der Waals surface area contributed by atoms with Gasteiger partial charge in [-0.15, -0.1) is 0 Å². The van der Waals surface area contributed by atoms with Crippen molar-refractivity contribution in [2.45, 2.75) is 0 Å². The first-order chi connectivity index (χ1) is 10.2. The first-order valence-corrected chi connectivity index (χ1v) is 6.21. The second kappa shape index (κ2) is 6.60. The molecule has 0 aliphatic heterocycles. The lowest BCUT2D eigenvalue weighted by atomic mass is 10.2. The van der Waals surface area contributed by atoms with Crippen molar-refractivity contribution in [3.63, 3.8) is 0 Å². The first-order valence-electron chi connectivity index (χ1n) is 6.21. The molecule has 0 aliphatic carbocycles. The van der Waals surface area contributed by atoms with E-state index in [4.69, 9.17) is 14.2 Å². The smallest absolute Gasteiger partial charge is 0.270 e. The van der Waals surface area contributed by atoms with Gasteiger partial charge in [0.15, 0.2) is 11.5 Å². The SMILES string of the molecule is COc1cc(/C=C/n2ncccc2=O)cc(OC)c1OC. The van der Waals surface area contributed by atoms with Gasteiger partial charge in [0.1, 0.15) is 0 Å². The second-order valence-electron chi connectivity index (χ2n) is 4.08. The molecule has 0 fully saturated rings. The van der Waals surface area contributed by atoms with E-state index in [1.165, 1.54) is 10.7 Å². The summed E-state index contributed by atoms with van der Waals surface area (Å²) in [6.45, 7) is 0. The van der Waals surface area contributed by atoms with Crippen molar-refractivity contribution in [1.82, 2.24) is 9.78 Å². The summed E-state index contributed by atoms with van der Waals surface area (Å²) in [5.41, 5.74) is 0.586. The molecule has 0 aliphatic rings. The normalized spacial score (nSPS) is 10.6. The topological polar surface area (TPSA) is 62.6 Å². The van der Waals surface area contributed by atoms with Crippen LogP contribution in [0.4, 0.5) is 0 Å². The zero-order valence-corrected chi connectivity index (χ0v) is 12.1. The molecule has 0 spiro atoms. The Balaban J connectivity index is 2.41. The number of hydrogen-bond acceptors (Lipinski definition) is 5. The van der Waals surface area contributed by atoms with Gasteiger partial charge < -0.3 is 14.2 Å². The van der Waals surface area contributed by atoms with Gasteiger partial charge in [0.25, 0.3) is 5.56 Å². The van der Waals surface area contributed by atoms with Crippen LogP contribution in [0.15, 0.2) is 35.3 Å². The van der Waals surface area contributed by atoms with Gasteiger partial charge in [0.2, 0.25) is 5.75 Å². The van der Waals surface area contributed by atoms with Gasteiger partial charge in [-0.25, -0.2) is 4.68 Å². The van der Waals surface area contributed by atoms with E-state index in [9.17, 15) is 4.79 Å². The molecule has 0 bridgehead atoms. The number of hydrogen-bond donors (Lipinski definition) is 0. The summed E-state index contributed by atoms with van der Waals surface area (Å²) >= 11 is 0. The molecule has 1 aromatic carbocycles. The van der Waals surface area contributed by atoms with Crippen LogP contribution >= 0.6 is 0 Å². The third kappa shape index (κ3) is 3.22. The molecule has 0 radical (unpaired) electrons. The molecule has 0 saturated heterocycles. The van der Waals surface area contributed by atoms with E-state index in [1.54, 1.807) is 58.0 Å². The predicted molar refractivity (Wildman–Crippen MR) is 79.8 cm³/mol. The van der Waals surface area contributed by atoms with Crippen molar-refractivity contribution >= 4 is 12.3 Å². The van der Waals surface area contributed by atoms with Gasteiger partial charge in [0.05, 0.1) is 21.3 Å². The highest BCUT2D eigenvalue weighted by atomic mass is 16.5. The zero-order chi connectivity index (χ0) is 15.2. The van der Waals surface area contributed by atoms with Gasteiger partial charge in [-0.3, -0.25) is 4.79 Å². The maximum Gasteiger partial charge on any atom is 0.270 e. The fraction of sp³-hybridized carbons (Fsp3) is 0.200. The summed E-state index contributed by atoms with van der Waals surface area (Å²) in [6.07, 6.45) is 4.85. The lowest BCUT2D eigenvalue weighted by molar-refractivity contribution is 0.324.